The van der Waals surface area contributed by atoms with E-state index in [9.17, 15) is 4.39 Å². The van der Waals surface area contributed by atoms with Gasteiger partial charge in [-0.2, -0.15) is 5.26 Å². The Balaban J connectivity index is 2.37. The molecule has 1 N–H and O–H groups in total. The van der Waals surface area contributed by atoms with Gasteiger partial charge in [0.05, 0.1) is 17.3 Å². The standard InChI is InChI=1S/C12H6BrClFN3/c13-8-1-2-9(15)10(5-8)17-12-4-7(6-16)3-11(14)18-12/h1-5H,(H,17,18). The third kappa shape index (κ3) is 2.97. The van der Waals surface area contributed by atoms with Crippen molar-refractivity contribution in [3.05, 3.63) is 51.3 Å². The van der Waals surface area contributed by atoms with Gasteiger partial charge >= 0.3 is 0 Å². The number of rotatable bonds is 2. The highest BCUT2D eigenvalue weighted by Gasteiger charge is 2.06. The van der Waals surface area contributed by atoms with Crippen LogP contribution in [0.4, 0.5) is 15.9 Å². The molecule has 2 rings (SSSR count). The lowest BCUT2D eigenvalue weighted by Gasteiger charge is -2.07. The van der Waals surface area contributed by atoms with E-state index in [0.29, 0.717) is 11.4 Å². The van der Waals surface area contributed by atoms with Gasteiger partial charge < -0.3 is 5.32 Å². The van der Waals surface area contributed by atoms with Crippen LogP contribution >= 0.6 is 27.5 Å². The first-order chi connectivity index (χ1) is 8.58. The number of hydrogen-bond acceptors (Lipinski definition) is 3. The summed E-state index contributed by atoms with van der Waals surface area (Å²) < 4.78 is 14.3. The number of halogens is 3. The number of benzene rings is 1. The molecular weight excluding hydrogens is 321 g/mol. The molecular formula is C12H6BrClFN3. The van der Waals surface area contributed by atoms with Crippen LogP contribution in [0.3, 0.4) is 0 Å². The van der Waals surface area contributed by atoms with Crippen molar-refractivity contribution in [3.63, 3.8) is 0 Å². The zero-order chi connectivity index (χ0) is 13.1. The minimum absolute atomic E-state index is 0.173. The molecule has 90 valence electrons. The Bertz CT molecular complexity index is 640. The van der Waals surface area contributed by atoms with E-state index in [1.165, 1.54) is 18.2 Å². The van der Waals surface area contributed by atoms with E-state index in [1.54, 1.807) is 12.1 Å². The van der Waals surface area contributed by atoms with Gasteiger partial charge in [-0.05, 0) is 30.3 Å². The lowest BCUT2D eigenvalue weighted by molar-refractivity contribution is 0.631. The van der Waals surface area contributed by atoms with Crippen molar-refractivity contribution in [1.82, 2.24) is 4.98 Å². The van der Waals surface area contributed by atoms with Gasteiger partial charge in [-0.15, -0.1) is 0 Å². The molecule has 0 atom stereocenters. The molecule has 0 amide bonds. The highest BCUT2D eigenvalue weighted by Crippen LogP contribution is 2.24. The van der Waals surface area contributed by atoms with Crippen molar-refractivity contribution in [2.45, 2.75) is 0 Å². The molecule has 0 bridgehead atoms. The van der Waals surface area contributed by atoms with Crippen molar-refractivity contribution in [2.24, 2.45) is 0 Å². The van der Waals surface area contributed by atoms with E-state index < -0.39 is 5.82 Å². The van der Waals surface area contributed by atoms with Crippen LogP contribution in [0.15, 0.2) is 34.8 Å². The molecule has 1 aromatic heterocycles. The fourth-order valence-corrected chi connectivity index (χ4v) is 1.93. The Morgan fingerprint density at radius 1 is 1.33 bits per heavy atom. The number of nitriles is 1. The number of nitrogens with one attached hydrogen (secondary N) is 1. The number of aromatic nitrogens is 1. The second kappa shape index (κ2) is 5.34. The van der Waals surface area contributed by atoms with E-state index in [1.807, 2.05) is 6.07 Å². The molecule has 0 unspecified atom stereocenters. The highest BCUT2D eigenvalue weighted by molar-refractivity contribution is 9.10. The first-order valence-electron chi connectivity index (χ1n) is 4.88. The molecule has 1 aromatic carbocycles. The van der Waals surface area contributed by atoms with Gasteiger partial charge in [0.1, 0.15) is 16.8 Å². The molecule has 0 radical (unpaired) electrons. The van der Waals surface area contributed by atoms with E-state index in [0.717, 1.165) is 4.47 Å². The van der Waals surface area contributed by atoms with Gasteiger partial charge in [-0.3, -0.25) is 0 Å². The van der Waals surface area contributed by atoms with Crippen molar-refractivity contribution >= 4 is 39.0 Å². The average molecular weight is 327 g/mol. The number of anilines is 2. The quantitative estimate of drug-likeness (QED) is 0.839. The molecule has 1 heterocycles. The van der Waals surface area contributed by atoms with Crippen LogP contribution in [0.1, 0.15) is 5.56 Å². The lowest BCUT2D eigenvalue weighted by Crippen LogP contribution is -1.97. The summed E-state index contributed by atoms with van der Waals surface area (Å²) in [7, 11) is 0. The topological polar surface area (TPSA) is 48.7 Å². The Hall–Kier alpha value is -1.64. The molecule has 0 aliphatic carbocycles. The summed E-state index contributed by atoms with van der Waals surface area (Å²) in [4.78, 5) is 3.97. The monoisotopic (exact) mass is 325 g/mol. The predicted octanol–water partition coefficient (Wildman–Crippen LogP) is 4.25. The number of pyridine rings is 1. The maximum Gasteiger partial charge on any atom is 0.146 e. The molecule has 0 fully saturated rings. The van der Waals surface area contributed by atoms with Crippen LogP contribution in [0.25, 0.3) is 0 Å². The average Bonchev–Trinajstić information content (AvgIpc) is 2.33. The Morgan fingerprint density at radius 3 is 2.83 bits per heavy atom. The first kappa shape index (κ1) is 12.8. The minimum Gasteiger partial charge on any atom is -0.338 e. The van der Waals surface area contributed by atoms with Gasteiger partial charge in [0.2, 0.25) is 0 Å². The van der Waals surface area contributed by atoms with E-state index in [4.69, 9.17) is 16.9 Å². The second-order valence-corrected chi connectivity index (χ2v) is 4.73. The van der Waals surface area contributed by atoms with Crippen molar-refractivity contribution < 1.29 is 4.39 Å². The molecule has 0 aliphatic rings. The molecule has 3 nitrogen and oxygen atoms in total. The summed E-state index contributed by atoms with van der Waals surface area (Å²) in [5, 5.41) is 11.8. The van der Waals surface area contributed by atoms with Gasteiger partial charge in [-0.25, -0.2) is 9.37 Å². The Labute approximate surface area is 116 Å². The third-order valence-corrected chi connectivity index (χ3v) is 2.80. The van der Waals surface area contributed by atoms with Crippen molar-refractivity contribution in [2.75, 3.05) is 5.32 Å². The molecule has 0 saturated heterocycles. The third-order valence-electron chi connectivity index (χ3n) is 2.11. The fraction of sp³-hybridized carbons (Fsp3) is 0. The summed E-state index contributed by atoms with van der Waals surface area (Å²) in [5.74, 6) is -0.102. The van der Waals surface area contributed by atoms with Crippen LogP contribution < -0.4 is 5.32 Å². The summed E-state index contributed by atoms with van der Waals surface area (Å²) in [6.07, 6.45) is 0. The molecule has 0 spiro atoms. The van der Waals surface area contributed by atoms with Crippen LogP contribution in [-0.4, -0.2) is 4.98 Å². The zero-order valence-corrected chi connectivity index (χ0v) is 11.3. The maximum absolute atomic E-state index is 13.5. The van der Waals surface area contributed by atoms with Crippen LogP contribution in [0.2, 0.25) is 5.15 Å². The van der Waals surface area contributed by atoms with Crippen LogP contribution in [-0.2, 0) is 0 Å². The van der Waals surface area contributed by atoms with E-state index in [-0.39, 0.29) is 10.8 Å². The largest absolute Gasteiger partial charge is 0.338 e. The van der Waals surface area contributed by atoms with Gasteiger partial charge in [0, 0.05) is 4.47 Å². The van der Waals surface area contributed by atoms with Crippen LogP contribution in [0, 0.1) is 17.1 Å². The summed E-state index contributed by atoms with van der Waals surface area (Å²) in [6.45, 7) is 0. The highest BCUT2D eigenvalue weighted by atomic mass is 79.9. The van der Waals surface area contributed by atoms with E-state index in [2.05, 4.69) is 26.2 Å². The lowest BCUT2D eigenvalue weighted by atomic mass is 10.2. The zero-order valence-electron chi connectivity index (χ0n) is 8.92. The Morgan fingerprint density at radius 2 is 2.11 bits per heavy atom. The fourth-order valence-electron chi connectivity index (χ4n) is 1.36. The predicted molar refractivity (Wildman–Crippen MR) is 71.3 cm³/mol. The van der Waals surface area contributed by atoms with Gasteiger partial charge in [0.25, 0.3) is 0 Å². The minimum atomic E-state index is -0.418. The summed E-state index contributed by atoms with van der Waals surface area (Å²) in [6, 6.07) is 9.36. The molecule has 6 heteroatoms. The molecule has 0 saturated carbocycles. The van der Waals surface area contributed by atoms with Gasteiger partial charge in [-0.1, -0.05) is 27.5 Å². The summed E-state index contributed by atoms with van der Waals surface area (Å²) >= 11 is 9.01. The normalized spacial score (nSPS) is 9.89. The maximum atomic E-state index is 13.5. The van der Waals surface area contributed by atoms with E-state index >= 15 is 0 Å². The number of nitrogens with zero attached hydrogens (tertiary/aromatic N) is 2. The van der Waals surface area contributed by atoms with Crippen molar-refractivity contribution in [3.8, 4) is 6.07 Å². The Kier molecular flexibility index (Phi) is 3.80. The first-order valence-corrected chi connectivity index (χ1v) is 6.05. The van der Waals surface area contributed by atoms with Crippen molar-refractivity contribution in [1.29, 1.82) is 5.26 Å². The van der Waals surface area contributed by atoms with Gasteiger partial charge in [0.15, 0.2) is 0 Å². The summed E-state index contributed by atoms with van der Waals surface area (Å²) in [5.41, 5.74) is 0.607. The number of hydrogen-bond donors (Lipinski definition) is 1. The smallest absolute Gasteiger partial charge is 0.146 e. The van der Waals surface area contributed by atoms with Crippen LogP contribution in [0.5, 0.6) is 0 Å². The molecule has 18 heavy (non-hydrogen) atoms. The molecule has 2 aromatic rings. The second-order valence-electron chi connectivity index (χ2n) is 3.42. The molecule has 0 aliphatic heterocycles. The SMILES string of the molecule is N#Cc1cc(Cl)nc(Nc2cc(Br)ccc2F)c1.